The van der Waals surface area contributed by atoms with Crippen LogP contribution in [0.25, 0.3) is 0 Å². The van der Waals surface area contributed by atoms with Crippen LogP contribution >= 0.6 is 0 Å². The van der Waals surface area contributed by atoms with E-state index in [0.29, 0.717) is 23.4 Å². The molecule has 0 amide bonds. The first-order chi connectivity index (χ1) is 9.11. The van der Waals surface area contributed by atoms with E-state index in [1.807, 2.05) is 0 Å². The fourth-order valence-corrected chi connectivity index (χ4v) is 1.89. The molecule has 4 N–H and O–H groups in total. The van der Waals surface area contributed by atoms with Crippen LogP contribution in [0, 0.1) is 5.82 Å². The highest BCUT2D eigenvalue weighted by Crippen LogP contribution is 2.24. The normalized spacial score (nSPS) is 12.2. The molecule has 100 valence electrons. The molecule has 4 nitrogen and oxygen atoms in total. The van der Waals surface area contributed by atoms with E-state index in [-0.39, 0.29) is 5.82 Å². The molecule has 0 radical (unpaired) electrons. The van der Waals surface area contributed by atoms with Crippen molar-refractivity contribution >= 4 is 5.69 Å². The Bertz CT molecular complexity index is 574. The third-order valence-corrected chi connectivity index (χ3v) is 2.99. The first kappa shape index (κ1) is 13.3. The number of nitrogens with two attached hydrogens (primary N) is 2. The number of aromatic nitrogens is 1. The minimum atomic E-state index is -0.475. The van der Waals surface area contributed by atoms with Crippen LogP contribution in [-0.4, -0.2) is 12.1 Å². The van der Waals surface area contributed by atoms with Crippen LogP contribution in [-0.2, 0) is 6.42 Å². The maximum atomic E-state index is 13.9. The fourth-order valence-electron chi connectivity index (χ4n) is 1.89. The van der Waals surface area contributed by atoms with E-state index >= 15 is 0 Å². The molecule has 0 aliphatic heterocycles. The molecule has 2 aromatic rings. The summed E-state index contributed by atoms with van der Waals surface area (Å²) in [6.45, 7) is 0. The van der Waals surface area contributed by atoms with E-state index in [1.54, 1.807) is 30.6 Å². The molecule has 0 spiro atoms. The largest absolute Gasteiger partial charge is 0.497 e. The molecular weight excluding hydrogens is 245 g/mol. The molecular formula is C14H16FN3O. The molecule has 1 aromatic carbocycles. The number of benzene rings is 1. The van der Waals surface area contributed by atoms with Crippen molar-refractivity contribution in [3.05, 3.63) is 53.6 Å². The number of methoxy groups -OCH3 is 1. The van der Waals surface area contributed by atoms with Crippen LogP contribution < -0.4 is 16.2 Å². The van der Waals surface area contributed by atoms with E-state index in [2.05, 4.69) is 4.98 Å². The number of ether oxygens (including phenoxy) is 1. The molecule has 0 fully saturated rings. The molecule has 19 heavy (non-hydrogen) atoms. The van der Waals surface area contributed by atoms with Crippen LogP contribution in [0.4, 0.5) is 10.1 Å². The van der Waals surface area contributed by atoms with E-state index in [1.165, 1.54) is 13.2 Å². The highest BCUT2D eigenvalue weighted by atomic mass is 19.1. The Morgan fingerprint density at radius 3 is 2.79 bits per heavy atom. The molecule has 1 atom stereocenters. The number of anilines is 1. The number of hydrogen-bond acceptors (Lipinski definition) is 4. The smallest absolute Gasteiger partial charge is 0.131 e. The monoisotopic (exact) mass is 261 g/mol. The van der Waals surface area contributed by atoms with Gasteiger partial charge in [0.2, 0.25) is 0 Å². The van der Waals surface area contributed by atoms with Crippen molar-refractivity contribution < 1.29 is 9.13 Å². The number of nitrogen functional groups attached to an aromatic ring is 1. The van der Waals surface area contributed by atoms with Gasteiger partial charge in [0.05, 0.1) is 7.11 Å². The SMILES string of the molecule is COc1ccc(C(N)Cc2cnccc2N)c(F)c1. The van der Waals surface area contributed by atoms with Gasteiger partial charge in [0.15, 0.2) is 0 Å². The lowest BCUT2D eigenvalue weighted by Crippen LogP contribution is -2.16. The van der Waals surface area contributed by atoms with Crippen LogP contribution in [0.2, 0.25) is 0 Å². The fraction of sp³-hybridized carbons (Fsp3) is 0.214. The van der Waals surface area contributed by atoms with Gasteiger partial charge in [0.1, 0.15) is 11.6 Å². The maximum Gasteiger partial charge on any atom is 0.131 e. The minimum absolute atomic E-state index is 0.380. The number of rotatable bonds is 4. The first-order valence-electron chi connectivity index (χ1n) is 5.89. The zero-order chi connectivity index (χ0) is 13.8. The van der Waals surface area contributed by atoms with Crippen LogP contribution in [0.1, 0.15) is 17.2 Å². The second kappa shape index (κ2) is 5.67. The van der Waals surface area contributed by atoms with Crippen molar-refractivity contribution in [2.75, 3.05) is 12.8 Å². The number of halogens is 1. The van der Waals surface area contributed by atoms with Gasteiger partial charge in [-0.05, 0) is 24.1 Å². The van der Waals surface area contributed by atoms with Gasteiger partial charge in [-0.15, -0.1) is 0 Å². The summed E-state index contributed by atoms with van der Waals surface area (Å²) in [6.07, 6.45) is 3.69. The Morgan fingerprint density at radius 1 is 1.37 bits per heavy atom. The number of nitrogens with zero attached hydrogens (tertiary/aromatic N) is 1. The molecule has 0 saturated heterocycles. The van der Waals surface area contributed by atoms with Crippen molar-refractivity contribution in [1.82, 2.24) is 4.98 Å². The average molecular weight is 261 g/mol. The number of pyridine rings is 1. The summed E-state index contributed by atoms with van der Waals surface area (Å²) in [5.74, 6) is 0.0867. The lowest BCUT2D eigenvalue weighted by molar-refractivity contribution is 0.410. The highest BCUT2D eigenvalue weighted by molar-refractivity contribution is 5.45. The predicted octanol–water partition coefficient (Wildman–Crippen LogP) is 2.05. The van der Waals surface area contributed by atoms with Crippen molar-refractivity contribution in [2.45, 2.75) is 12.5 Å². The summed E-state index contributed by atoms with van der Waals surface area (Å²) in [5, 5.41) is 0. The van der Waals surface area contributed by atoms with E-state index in [4.69, 9.17) is 16.2 Å². The Kier molecular flexibility index (Phi) is 3.97. The van der Waals surface area contributed by atoms with Crippen LogP contribution in [0.5, 0.6) is 5.75 Å². The van der Waals surface area contributed by atoms with Crippen LogP contribution in [0.15, 0.2) is 36.7 Å². The van der Waals surface area contributed by atoms with Gasteiger partial charge >= 0.3 is 0 Å². The van der Waals surface area contributed by atoms with Gasteiger partial charge in [-0.25, -0.2) is 4.39 Å². The van der Waals surface area contributed by atoms with Crippen molar-refractivity contribution in [3.8, 4) is 5.75 Å². The number of hydrogen-bond donors (Lipinski definition) is 2. The standard InChI is InChI=1S/C14H16FN3O/c1-19-10-2-3-11(12(15)7-10)14(17)6-9-8-18-5-4-13(9)16/h2-5,7-8,14H,6,17H2,1H3,(H2,16,18). The zero-order valence-corrected chi connectivity index (χ0v) is 10.6. The Balaban J connectivity index is 2.21. The second-order valence-electron chi connectivity index (χ2n) is 4.27. The molecule has 0 aliphatic carbocycles. The maximum absolute atomic E-state index is 13.9. The lowest BCUT2D eigenvalue weighted by Gasteiger charge is -2.14. The first-order valence-corrected chi connectivity index (χ1v) is 5.89. The molecule has 0 bridgehead atoms. The van der Waals surface area contributed by atoms with E-state index in [0.717, 1.165) is 5.56 Å². The van der Waals surface area contributed by atoms with Gasteiger partial charge < -0.3 is 16.2 Å². The van der Waals surface area contributed by atoms with Crippen molar-refractivity contribution in [1.29, 1.82) is 0 Å². The Morgan fingerprint density at radius 2 is 2.16 bits per heavy atom. The Labute approximate surface area is 111 Å². The molecule has 1 heterocycles. The van der Waals surface area contributed by atoms with Crippen molar-refractivity contribution in [3.63, 3.8) is 0 Å². The summed E-state index contributed by atoms with van der Waals surface area (Å²) in [5.41, 5.74) is 13.7. The van der Waals surface area contributed by atoms with Gasteiger partial charge in [0.25, 0.3) is 0 Å². The molecule has 1 unspecified atom stereocenters. The summed E-state index contributed by atoms with van der Waals surface area (Å²) in [6, 6.07) is 5.86. The van der Waals surface area contributed by atoms with Gasteiger partial charge in [-0.3, -0.25) is 4.98 Å². The summed E-state index contributed by atoms with van der Waals surface area (Å²) in [4.78, 5) is 3.99. The van der Waals surface area contributed by atoms with E-state index < -0.39 is 6.04 Å². The molecule has 2 rings (SSSR count). The van der Waals surface area contributed by atoms with Crippen molar-refractivity contribution in [2.24, 2.45) is 5.73 Å². The highest BCUT2D eigenvalue weighted by Gasteiger charge is 2.14. The molecule has 5 heteroatoms. The topological polar surface area (TPSA) is 74.2 Å². The average Bonchev–Trinajstić information content (AvgIpc) is 2.41. The predicted molar refractivity (Wildman–Crippen MR) is 72.2 cm³/mol. The lowest BCUT2D eigenvalue weighted by atomic mass is 9.99. The third-order valence-electron chi connectivity index (χ3n) is 2.99. The molecule has 0 saturated carbocycles. The summed E-state index contributed by atoms with van der Waals surface area (Å²) >= 11 is 0. The second-order valence-corrected chi connectivity index (χ2v) is 4.27. The molecule has 0 aliphatic rings. The minimum Gasteiger partial charge on any atom is -0.497 e. The van der Waals surface area contributed by atoms with Gasteiger partial charge in [-0.1, -0.05) is 6.07 Å². The Hall–Kier alpha value is -2.14. The van der Waals surface area contributed by atoms with Crippen LogP contribution in [0.3, 0.4) is 0 Å². The van der Waals surface area contributed by atoms with Gasteiger partial charge in [0, 0.05) is 35.8 Å². The summed E-state index contributed by atoms with van der Waals surface area (Å²) in [7, 11) is 1.49. The zero-order valence-electron chi connectivity index (χ0n) is 10.6. The summed E-state index contributed by atoms with van der Waals surface area (Å²) < 4.78 is 18.8. The quantitative estimate of drug-likeness (QED) is 0.883. The van der Waals surface area contributed by atoms with Gasteiger partial charge in [-0.2, -0.15) is 0 Å². The third kappa shape index (κ3) is 3.00. The molecule has 1 aromatic heterocycles. The van der Waals surface area contributed by atoms with E-state index in [9.17, 15) is 4.39 Å².